The molecule has 1 unspecified atom stereocenters. The van der Waals surface area contributed by atoms with Crippen molar-refractivity contribution in [1.82, 2.24) is 30.6 Å². The van der Waals surface area contributed by atoms with Gasteiger partial charge in [-0.15, -0.1) is 0 Å². The van der Waals surface area contributed by atoms with Gasteiger partial charge in [0, 0.05) is 48.9 Å². The van der Waals surface area contributed by atoms with Crippen LogP contribution in [0.3, 0.4) is 0 Å². The molecular weight excluding hydrogens is 598 g/mol. The second-order valence-corrected chi connectivity index (χ2v) is 10.6. The number of nitrogen functional groups attached to an aromatic ring is 1. The van der Waals surface area contributed by atoms with Crippen LogP contribution in [0, 0.1) is 5.92 Å². The number of ether oxygens (including phenoxy) is 2. The largest absolute Gasteiger partial charge is 0.464 e. The highest BCUT2D eigenvalue weighted by Crippen LogP contribution is 2.13. The molecule has 2 aromatic heterocycles. The zero-order valence-electron chi connectivity index (χ0n) is 25.8. The molecule has 0 aliphatic heterocycles. The number of amides is 2. The number of carbonyl (C=O) groups is 3. The number of carbonyl (C=O) groups excluding carboxylic acids is 3. The Labute approximate surface area is 264 Å². The molecule has 46 heavy (non-hydrogen) atoms. The molecule has 3 aromatic rings. The average molecular weight is 638 g/mol. The molecule has 0 radical (unpaired) electrons. The van der Waals surface area contributed by atoms with Gasteiger partial charge in [0.25, 0.3) is 11.5 Å². The Morgan fingerprint density at radius 3 is 2.63 bits per heavy atom. The molecular formula is C29H39N11O6. The van der Waals surface area contributed by atoms with E-state index in [4.69, 9.17) is 20.7 Å². The summed E-state index contributed by atoms with van der Waals surface area (Å²) in [5.74, 6) is -1.33. The summed E-state index contributed by atoms with van der Waals surface area (Å²) in [6, 6.07) is 5.52. The molecule has 1 aromatic carbocycles. The van der Waals surface area contributed by atoms with Crippen LogP contribution in [-0.2, 0) is 25.6 Å². The summed E-state index contributed by atoms with van der Waals surface area (Å²) in [5, 5.41) is 12.0. The van der Waals surface area contributed by atoms with E-state index in [0.29, 0.717) is 56.1 Å². The molecule has 3 rings (SSSR count). The SMILES string of the molecule is CC(C)COC(=O)C(CCC(=O)NCCCOCCCN=[N+]=[N-])NC(=O)c1ccc(NCc2cnc3nc(N)[nH]c(=O)c3n2)cc1. The third-order valence-corrected chi connectivity index (χ3v) is 6.31. The van der Waals surface area contributed by atoms with Gasteiger partial charge in [-0.25, -0.2) is 14.8 Å². The monoisotopic (exact) mass is 637 g/mol. The Bertz CT molecular complexity index is 1570. The van der Waals surface area contributed by atoms with Crippen molar-refractivity contribution in [2.45, 2.75) is 52.1 Å². The number of nitrogens with one attached hydrogen (secondary N) is 4. The molecule has 0 fully saturated rings. The fourth-order valence-corrected chi connectivity index (χ4v) is 3.98. The maximum Gasteiger partial charge on any atom is 0.328 e. The number of azide groups is 1. The lowest BCUT2D eigenvalue weighted by molar-refractivity contribution is -0.147. The maximum atomic E-state index is 13.0. The molecule has 2 amide bonds. The predicted molar refractivity (Wildman–Crippen MR) is 169 cm³/mol. The maximum absolute atomic E-state index is 13.0. The number of hydrogen-bond donors (Lipinski definition) is 5. The van der Waals surface area contributed by atoms with Crippen LogP contribution in [0.4, 0.5) is 11.6 Å². The van der Waals surface area contributed by atoms with Crippen LogP contribution in [0.1, 0.15) is 55.6 Å². The quantitative estimate of drug-likeness (QED) is 0.0419. The molecule has 6 N–H and O–H groups in total. The second-order valence-electron chi connectivity index (χ2n) is 10.6. The first kappa shape index (κ1) is 35.2. The van der Waals surface area contributed by atoms with E-state index in [-0.39, 0.29) is 54.9 Å². The van der Waals surface area contributed by atoms with E-state index in [1.54, 1.807) is 24.3 Å². The van der Waals surface area contributed by atoms with Gasteiger partial charge in [0.15, 0.2) is 11.2 Å². The predicted octanol–water partition coefficient (Wildman–Crippen LogP) is 2.21. The van der Waals surface area contributed by atoms with Gasteiger partial charge in [-0.2, -0.15) is 4.98 Å². The number of anilines is 2. The van der Waals surface area contributed by atoms with Gasteiger partial charge in [0.1, 0.15) is 6.04 Å². The van der Waals surface area contributed by atoms with Gasteiger partial charge in [0.2, 0.25) is 11.9 Å². The summed E-state index contributed by atoms with van der Waals surface area (Å²) >= 11 is 0. The van der Waals surface area contributed by atoms with Crippen LogP contribution >= 0.6 is 0 Å². The Morgan fingerprint density at radius 2 is 1.89 bits per heavy atom. The summed E-state index contributed by atoms with van der Waals surface area (Å²) in [7, 11) is 0. The molecule has 1 atom stereocenters. The third kappa shape index (κ3) is 12.0. The smallest absolute Gasteiger partial charge is 0.328 e. The first-order valence-electron chi connectivity index (χ1n) is 14.8. The normalized spacial score (nSPS) is 11.5. The molecule has 0 bridgehead atoms. The van der Waals surface area contributed by atoms with Crippen molar-refractivity contribution in [3.05, 3.63) is 62.5 Å². The number of esters is 1. The van der Waals surface area contributed by atoms with Crippen LogP contribution < -0.4 is 27.2 Å². The summed E-state index contributed by atoms with van der Waals surface area (Å²) in [5.41, 5.74) is 15.0. The van der Waals surface area contributed by atoms with Crippen molar-refractivity contribution in [3.8, 4) is 0 Å². The molecule has 0 spiro atoms. The van der Waals surface area contributed by atoms with Gasteiger partial charge in [0.05, 0.1) is 25.0 Å². The third-order valence-electron chi connectivity index (χ3n) is 6.31. The van der Waals surface area contributed by atoms with E-state index in [1.165, 1.54) is 6.20 Å². The molecule has 0 saturated carbocycles. The van der Waals surface area contributed by atoms with Gasteiger partial charge in [-0.1, -0.05) is 19.0 Å². The van der Waals surface area contributed by atoms with Crippen molar-refractivity contribution in [1.29, 1.82) is 0 Å². The van der Waals surface area contributed by atoms with Crippen LogP contribution in [0.25, 0.3) is 21.6 Å². The van der Waals surface area contributed by atoms with Crippen LogP contribution in [0.2, 0.25) is 0 Å². The number of nitrogens with zero attached hydrogens (tertiary/aromatic N) is 6. The van der Waals surface area contributed by atoms with Crippen molar-refractivity contribution < 1.29 is 23.9 Å². The highest BCUT2D eigenvalue weighted by molar-refractivity contribution is 5.97. The van der Waals surface area contributed by atoms with Crippen LogP contribution in [-0.4, -0.2) is 76.7 Å². The van der Waals surface area contributed by atoms with E-state index in [2.05, 4.69) is 45.9 Å². The van der Waals surface area contributed by atoms with E-state index < -0.39 is 23.5 Å². The molecule has 0 saturated heterocycles. The number of aromatic amines is 1. The van der Waals surface area contributed by atoms with Crippen molar-refractivity contribution >= 4 is 40.6 Å². The minimum Gasteiger partial charge on any atom is -0.464 e. The molecule has 17 nitrogen and oxygen atoms in total. The van der Waals surface area contributed by atoms with Crippen LogP contribution in [0.5, 0.6) is 0 Å². The number of hydrogen-bond acceptors (Lipinski definition) is 12. The Morgan fingerprint density at radius 1 is 1.13 bits per heavy atom. The number of H-pyrrole nitrogens is 1. The van der Waals surface area contributed by atoms with E-state index >= 15 is 0 Å². The first-order valence-corrected chi connectivity index (χ1v) is 14.8. The topological polar surface area (TPSA) is 252 Å². The molecule has 2 heterocycles. The molecule has 0 aliphatic rings. The minimum absolute atomic E-state index is 0.00455. The number of aromatic nitrogens is 4. The number of nitrogens with two attached hydrogens (primary N) is 1. The lowest BCUT2D eigenvalue weighted by Crippen LogP contribution is -2.43. The van der Waals surface area contributed by atoms with E-state index in [1.807, 2.05) is 13.8 Å². The lowest BCUT2D eigenvalue weighted by atomic mass is 10.1. The van der Waals surface area contributed by atoms with Crippen molar-refractivity contribution in [2.24, 2.45) is 11.0 Å². The number of benzene rings is 1. The summed E-state index contributed by atoms with van der Waals surface area (Å²) in [6.07, 6.45) is 2.76. The molecule has 17 heteroatoms. The minimum atomic E-state index is -1.02. The summed E-state index contributed by atoms with van der Waals surface area (Å²) in [6.45, 7) is 5.89. The summed E-state index contributed by atoms with van der Waals surface area (Å²) < 4.78 is 10.8. The van der Waals surface area contributed by atoms with Crippen molar-refractivity contribution in [3.63, 3.8) is 0 Å². The number of fused-ring (bicyclic) bond motifs is 1. The fourth-order valence-electron chi connectivity index (χ4n) is 3.98. The highest BCUT2D eigenvalue weighted by atomic mass is 16.5. The average Bonchev–Trinajstić information content (AvgIpc) is 3.04. The fraction of sp³-hybridized carbons (Fsp3) is 0.483. The first-order chi connectivity index (χ1) is 22.2. The van der Waals surface area contributed by atoms with E-state index in [9.17, 15) is 19.2 Å². The lowest BCUT2D eigenvalue weighted by Gasteiger charge is -2.18. The van der Waals surface area contributed by atoms with Gasteiger partial charge in [-0.05, 0) is 55.0 Å². The Kier molecular flexibility index (Phi) is 14.2. The zero-order chi connectivity index (χ0) is 33.3. The van der Waals surface area contributed by atoms with Gasteiger partial charge >= 0.3 is 5.97 Å². The zero-order valence-corrected chi connectivity index (χ0v) is 25.8. The number of rotatable bonds is 19. The van der Waals surface area contributed by atoms with Crippen LogP contribution in [0.15, 0.2) is 40.4 Å². The van der Waals surface area contributed by atoms with Gasteiger partial charge < -0.3 is 31.2 Å². The second kappa shape index (κ2) is 18.5. The Balaban J connectivity index is 1.50. The Hall–Kier alpha value is -5.28. The standard InChI is InChI=1S/C29H39N11O6/c1-18(2)17-46-28(44)22(9-10-23(41)32-11-3-13-45-14-4-12-35-40-31)37-26(42)19-5-7-20(8-6-19)33-15-21-16-34-25-24(36-21)27(43)39-29(30)38-25/h5-8,16,18,22,33H,3-4,9-15,17H2,1-2H3,(H,32,41)(H,37,42)(H3,30,34,38,39,43). The molecule has 0 aliphatic carbocycles. The summed E-state index contributed by atoms with van der Waals surface area (Å²) in [4.78, 5) is 67.7. The van der Waals surface area contributed by atoms with Gasteiger partial charge in [-0.3, -0.25) is 19.4 Å². The van der Waals surface area contributed by atoms with E-state index in [0.717, 1.165) is 0 Å². The van der Waals surface area contributed by atoms with Crippen molar-refractivity contribution in [2.75, 3.05) is 44.0 Å². The molecule has 246 valence electrons. The highest BCUT2D eigenvalue weighted by Gasteiger charge is 2.24.